The quantitative estimate of drug-likeness (QED) is 0.204. The number of rotatable bonds is 13. The summed E-state index contributed by atoms with van der Waals surface area (Å²) in [6.45, 7) is 4.11. The molecule has 1 aromatic heterocycles. The van der Waals surface area contributed by atoms with Gasteiger partial charge in [-0.15, -0.1) is 0 Å². The number of aromatic nitrogens is 1. The van der Waals surface area contributed by atoms with E-state index in [0.717, 1.165) is 22.4 Å². The Hall–Kier alpha value is -4.23. The Morgan fingerprint density at radius 2 is 1.55 bits per heavy atom. The maximum absolute atomic E-state index is 13.9. The van der Waals surface area contributed by atoms with Crippen LogP contribution in [0.4, 0.5) is 4.39 Å². The molecule has 2 amide bonds. The average molecular weight is 542 g/mol. The first-order chi connectivity index (χ1) is 19.4. The lowest BCUT2D eigenvalue weighted by atomic mass is 10.1. The normalized spacial score (nSPS) is 10.9. The molecule has 0 N–H and O–H groups in total. The van der Waals surface area contributed by atoms with Gasteiger partial charge in [-0.1, -0.05) is 60.7 Å². The van der Waals surface area contributed by atoms with Crippen molar-refractivity contribution in [2.24, 2.45) is 0 Å². The first kappa shape index (κ1) is 28.8. The molecule has 0 saturated heterocycles. The van der Waals surface area contributed by atoms with Crippen LogP contribution < -0.4 is 0 Å². The first-order valence-corrected chi connectivity index (χ1v) is 13.5. The number of amides is 2. The van der Waals surface area contributed by atoms with E-state index in [4.69, 9.17) is 4.74 Å². The minimum atomic E-state index is -0.272. The van der Waals surface area contributed by atoms with Gasteiger partial charge in [-0.3, -0.25) is 9.59 Å². The zero-order chi connectivity index (χ0) is 28.3. The molecule has 0 fully saturated rings. The van der Waals surface area contributed by atoms with Crippen molar-refractivity contribution in [3.63, 3.8) is 0 Å². The summed E-state index contributed by atoms with van der Waals surface area (Å²) >= 11 is 0. The molecule has 0 radical (unpaired) electrons. The standard InChI is InChI=1S/C33H36FN3O3/c1-26-10-6-7-14-31(26)33(39)36(20-9-21-40-2)25-32(38)37(23-27-11-4-3-5-12-27)24-30-13-8-19-35(30)22-28-15-17-29(34)18-16-28/h3-8,10-19H,9,20-25H2,1-2H3. The van der Waals surface area contributed by atoms with Crippen LogP contribution in [0.5, 0.6) is 0 Å². The summed E-state index contributed by atoms with van der Waals surface area (Å²) < 4.78 is 20.7. The molecule has 0 aliphatic carbocycles. The Labute approximate surface area is 235 Å². The first-order valence-electron chi connectivity index (χ1n) is 13.5. The van der Waals surface area contributed by atoms with Crippen molar-refractivity contribution < 1.29 is 18.7 Å². The van der Waals surface area contributed by atoms with Crippen molar-refractivity contribution in [3.8, 4) is 0 Å². The van der Waals surface area contributed by atoms with Gasteiger partial charge in [-0.2, -0.15) is 0 Å². The molecular weight excluding hydrogens is 505 g/mol. The molecule has 0 saturated carbocycles. The molecule has 6 nitrogen and oxygen atoms in total. The third kappa shape index (κ3) is 7.90. The lowest BCUT2D eigenvalue weighted by Crippen LogP contribution is -2.43. The number of carbonyl (C=O) groups excluding carboxylic acids is 2. The van der Waals surface area contributed by atoms with Gasteiger partial charge < -0.3 is 19.1 Å². The minimum Gasteiger partial charge on any atom is -0.385 e. The van der Waals surface area contributed by atoms with E-state index in [-0.39, 0.29) is 24.2 Å². The number of aryl methyl sites for hydroxylation is 1. The maximum atomic E-state index is 13.9. The summed E-state index contributed by atoms with van der Waals surface area (Å²) in [4.78, 5) is 30.9. The van der Waals surface area contributed by atoms with Crippen LogP contribution in [0.25, 0.3) is 0 Å². The molecule has 7 heteroatoms. The van der Waals surface area contributed by atoms with Gasteiger partial charge in [0.15, 0.2) is 0 Å². The zero-order valence-corrected chi connectivity index (χ0v) is 23.1. The van der Waals surface area contributed by atoms with Crippen LogP contribution >= 0.6 is 0 Å². The van der Waals surface area contributed by atoms with Crippen molar-refractivity contribution in [3.05, 3.63) is 131 Å². The van der Waals surface area contributed by atoms with E-state index in [1.807, 2.05) is 73.8 Å². The number of hydrogen-bond donors (Lipinski definition) is 0. The smallest absolute Gasteiger partial charge is 0.254 e. The summed E-state index contributed by atoms with van der Waals surface area (Å²) in [6.07, 6.45) is 2.59. The summed E-state index contributed by atoms with van der Waals surface area (Å²) in [6, 6.07) is 27.6. The molecule has 208 valence electrons. The van der Waals surface area contributed by atoms with E-state index in [2.05, 4.69) is 4.57 Å². The molecule has 0 aliphatic heterocycles. The Kier molecular flexibility index (Phi) is 10.2. The van der Waals surface area contributed by atoms with Gasteiger partial charge in [-0.25, -0.2) is 4.39 Å². The molecule has 1 heterocycles. The molecule has 4 rings (SSSR count). The van der Waals surface area contributed by atoms with Gasteiger partial charge in [0.1, 0.15) is 12.4 Å². The number of hydrogen-bond acceptors (Lipinski definition) is 3. The van der Waals surface area contributed by atoms with Crippen LogP contribution in [-0.4, -0.2) is 53.0 Å². The molecule has 0 bridgehead atoms. The minimum absolute atomic E-state index is 0.0393. The van der Waals surface area contributed by atoms with Crippen LogP contribution in [0.2, 0.25) is 0 Å². The van der Waals surface area contributed by atoms with Crippen molar-refractivity contribution in [1.82, 2.24) is 14.4 Å². The lowest BCUT2D eigenvalue weighted by molar-refractivity contribution is -0.133. The highest BCUT2D eigenvalue weighted by Gasteiger charge is 2.24. The van der Waals surface area contributed by atoms with E-state index in [1.165, 1.54) is 12.1 Å². The number of methoxy groups -OCH3 is 1. The summed E-state index contributed by atoms with van der Waals surface area (Å²) in [7, 11) is 1.63. The molecule has 0 aliphatic rings. The second kappa shape index (κ2) is 14.2. The number of halogens is 1. The predicted molar refractivity (Wildman–Crippen MR) is 154 cm³/mol. The number of benzene rings is 3. The van der Waals surface area contributed by atoms with Crippen molar-refractivity contribution >= 4 is 11.8 Å². The summed E-state index contributed by atoms with van der Waals surface area (Å²) in [5, 5.41) is 0. The average Bonchev–Trinajstić information content (AvgIpc) is 3.40. The van der Waals surface area contributed by atoms with Gasteiger partial charge in [0.05, 0.1) is 6.54 Å². The Morgan fingerprint density at radius 3 is 2.27 bits per heavy atom. The second-order valence-electron chi connectivity index (χ2n) is 9.88. The molecule has 3 aromatic carbocycles. The van der Waals surface area contributed by atoms with Crippen molar-refractivity contribution in [2.75, 3.05) is 26.8 Å². The van der Waals surface area contributed by atoms with Crippen molar-refractivity contribution in [2.45, 2.75) is 33.0 Å². The van der Waals surface area contributed by atoms with E-state index >= 15 is 0 Å². The molecule has 0 unspecified atom stereocenters. The van der Waals surface area contributed by atoms with E-state index < -0.39 is 0 Å². The molecule has 4 aromatic rings. The van der Waals surface area contributed by atoms with Crippen LogP contribution in [0.3, 0.4) is 0 Å². The highest BCUT2D eigenvalue weighted by atomic mass is 19.1. The number of carbonyl (C=O) groups is 2. The van der Waals surface area contributed by atoms with Gasteiger partial charge in [0, 0.05) is 50.8 Å². The SMILES string of the molecule is COCCCN(CC(=O)N(Cc1ccccc1)Cc1cccn1Cc1ccc(F)cc1)C(=O)c1ccccc1C. The van der Waals surface area contributed by atoms with Crippen LogP contribution in [0.15, 0.2) is 97.2 Å². The van der Waals surface area contributed by atoms with E-state index in [9.17, 15) is 14.0 Å². The Morgan fingerprint density at radius 1 is 0.825 bits per heavy atom. The maximum Gasteiger partial charge on any atom is 0.254 e. The third-order valence-corrected chi connectivity index (χ3v) is 6.88. The third-order valence-electron chi connectivity index (χ3n) is 6.88. The summed E-state index contributed by atoms with van der Waals surface area (Å²) in [5.74, 6) is -0.578. The topological polar surface area (TPSA) is 54.8 Å². The molecular formula is C33H36FN3O3. The summed E-state index contributed by atoms with van der Waals surface area (Å²) in [5.41, 5.74) is 4.38. The van der Waals surface area contributed by atoms with Gasteiger partial charge in [-0.05, 0) is 60.4 Å². The zero-order valence-electron chi connectivity index (χ0n) is 23.1. The number of nitrogens with zero attached hydrogens (tertiary/aromatic N) is 3. The molecule has 0 spiro atoms. The van der Waals surface area contributed by atoms with Crippen molar-refractivity contribution in [1.29, 1.82) is 0 Å². The highest BCUT2D eigenvalue weighted by Crippen LogP contribution is 2.16. The predicted octanol–water partition coefficient (Wildman–Crippen LogP) is 5.69. The van der Waals surface area contributed by atoms with E-state index in [1.54, 1.807) is 35.1 Å². The van der Waals surface area contributed by atoms with Gasteiger partial charge >= 0.3 is 0 Å². The largest absolute Gasteiger partial charge is 0.385 e. The Bertz CT molecular complexity index is 1390. The second-order valence-corrected chi connectivity index (χ2v) is 9.88. The molecule has 40 heavy (non-hydrogen) atoms. The fourth-order valence-electron chi connectivity index (χ4n) is 4.66. The Balaban J connectivity index is 1.57. The van der Waals surface area contributed by atoms with Crippen LogP contribution in [0.1, 0.15) is 39.2 Å². The fraction of sp³-hybridized carbons (Fsp3) is 0.273. The van der Waals surface area contributed by atoms with Crippen LogP contribution in [0, 0.1) is 12.7 Å². The molecule has 0 atom stereocenters. The lowest BCUT2D eigenvalue weighted by Gasteiger charge is -2.29. The highest BCUT2D eigenvalue weighted by molar-refractivity contribution is 5.97. The monoisotopic (exact) mass is 541 g/mol. The van der Waals surface area contributed by atoms with Gasteiger partial charge in [0.25, 0.3) is 5.91 Å². The van der Waals surface area contributed by atoms with E-state index in [0.29, 0.717) is 44.8 Å². The van der Waals surface area contributed by atoms with Crippen LogP contribution in [-0.2, 0) is 29.2 Å². The fourth-order valence-corrected chi connectivity index (χ4v) is 4.66. The van der Waals surface area contributed by atoms with Gasteiger partial charge in [0.2, 0.25) is 5.91 Å². The number of ether oxygens (including phenoxy) is 1.